The molecule has 0 unspecified atom stereocenters. The molecule has 0 radical (unpaired) electrons. The number of aryl methyl sites for hydroxylation is 2. The fraction of sp³-hybridized carbons (Fsp3) is 0.647. The Morgan fingerprint density at radius 1 is 1.17 bits per heavy atom. The molecular formula is C17H24N4OS. The third kappa shape index (κ3) is 2.95. The summed E-state index contributed by atoms with van der Waals surface area (Å²) in [7, 11) is 0. The second kappa shape index (κ2) is 6.00. The van der Waals surface area contributed by atoms with Gasteiger partial charge in [-0.05, 0) is 45.1 Å². The molecule has 0 saturated carbocycles. The van der Waals surface area contributed by atoms with Crippen LogP contribution in [0.5, 0.6) is 0 Å². The number of nitrogen functional groups attached to an aromatic ring is 1. The first kappa shape index (κ1) is 15.3. The molecule has 23 heavy (non-hydrogen) atoms. The van der Waals surface area contributed by atoms with E-state index < -0.39 is 0 Å². The van der Waals surface area contributed by atoms with Crippen molar-refractivity contribution < 1.29 is 4.74 Å². The Kier molecular flexibility index (Phi) is 3.99. The monoisotopic (exact) mass is 332 g/mol. The first-order valence-corrected chi connectivity index (χ1v) is 9.36. The zero-order valence-corrected chi connectivity index (χ0v) is 14.7. The van der Waals surface area contributed by atoms with Gasteiger partial charge in [-0.15, -0.1) is 11.3 Å². The van der Waals surface area contributed by atoms with Gasteiger partial charge in [-0.25, -0.2) is 9.97 Å². The third-order valence-corrected chi connectivity index (χ3v) is 5.93. The molecule has 3 heterocycles. The van der Waals surface area contributed by atoms with E-state index in [9.17, 15) is 0 Å². The number of aromatic nitrogens is 2. The van der Waals surface area contributed by atoms with Crippen LogP contribution in [-0.4, -0.2) is 40.2 Å². The molecule has 0 spiro atoms. The van der Waals surface area contributed by atoms with Gasteiger partial charge in [0.15, 0.2) is 0 Å². The molecule has 0 aromatic carbocycles. The van der Waals surface area contributed by atoms with Gasteiger partial charge in [0.2, 0.25) is 0 Å². The highest BCUT2D eigenvalue weighted by Crippen LogP contribution is 2.37. The molecule has 6 heteroatoms. The minimum Gasteiger partial charge on any atom is -0.383 e. The molecule has 2 aromatic rings. The number of fused-ring (bicyclic) bond motifs is 3. The van der Waals surface area contributed by atoms with Crippen LogP contribution in [0.1, 0.15) is 43.0 Å². The molecule has 2 aromatic heterocycles. The van der Waals surface area contributed by atoms with Crippen molar-refractivity contribution >= 4 is 27.4 Å². The summed E-state index contributed by atoms with van der Waals surface area (Å²) in [6.45, 7) is 6.84. The van der Waals surface area contributed by atoms with Gasteiger partial charge in [0, 0.05) is 18.0 Å². The lowest BCUT2D eigenvalue weighted by Crippen LogP contribution is -2.45. The fourth-order valence-corrected chi connectivity index (χ4v) is 5.20. The summed E-state index contributed by atoms with van der Waals surface area (Å²) in [6, 6.07) is 0. The smallest absolute Gasteiger partial charge is 0.146 e. The van der Waals surface area contributed by atoms with Crippen molar-refractivity contribution in [2.45, 2.75) is 58.3 Å². The van der Waals surface area contributed by atoms with Gasteiger partial charge in [-0.3, -0.25) is 4.90 Å². The molecule has 124 valence electrons. The van der Waals surface area contributed by atoms with Crippen LogP contribution in [0.2, 0.25) is 0 Å². The minimum atomic E-state index is 0.258. The highest BCUT2D eigenvalue weighted by atomic mass is 32.1. The summed E-state index contributed by atoms with van der Waals surface area (Å²) in [5.74, 6) is 1.51. The Balaban J connectivity index is 1.63. The van der Waals surface area contributed by atoms with Crippen molar-refractivity contribution in [3.63, 3.8) is 0 Å². The van der Waals surface area contributed by atoms with Crippen LogP contribution < -0.4 is 5.73 Å². The van der Waals surface area contributed by atoms with Crippen molar-refractivity contribution in [2.24, 2.45) is 0 Å². The maximum absolute atomic E-state index is 6.30. The largest absolute Gasteiger partial charge is 0.383 e. The van der Waals surface area contributed by atoms with Crippen LogP contribution in [0.25, 0.3) is 10.2 Å². The second-order valence-electron chi connectivity index (χ2n) is 6.87. The van der Waals surface area contributed by atoms with Crippen molar-refractivity contribution in [3.8, 4) is 0 Å². The van der Waals surface area contributed by atoms with E-state index in [0.717, 1.165) is 42.1 Å². The highest BCUT2D eigenvalue weighted by Gasteiger charge is 2.24. The molecule has 4 rings (SSSR count). The van der Waals surface area contributed by atoms with Gasteiger partial charge < -0.3 is 10.5 Å². The molecule has 2 aliphatic rings. The molecule has 1 fully saturated rings. The van der Waals surface area contributed by atoms with E-state index >= 15 is 0 Å². The summed E-state index contributed by atoms with van der Waals surface area (Å²) in [5, 5.41) is 1.12. The number of hydrogen-bond acceptors (Lipinski definition) is 6. The summed E-state index contributed by atoms with van der Waals surface area (Å²) < 4.78 is 5.80. The second-order valence-corrected chi connectivity index (χ2v) is 7.95. The van der Waals surface area contributed by atoms with Crippen LogP contribution in [0, 0.1) is 0 Å². The van der Waals surface area contributed by atoms with Crippen LogP contribution >= 0.6 is 11.3 Å². The van der Waals surface area contributed by atoms with Gasteiger partial charge in [0.05, 0.1) is 24.1 Å². The van der Waals surface area contributed by atoms with Crippen molar-refractivity contribution in [1.29, 1.82) is 0 Å². The zero-order valence-electron chi connectivity index (χ0n) is 13.8. The average molecular weight is 332 g/mol. The third-order valence-electron chi connectivity index (χ3n) is 4.75. The molecule has 0 bridgehead atoms. The lowest BCUT2D eigenvalue weighted by molar-refractivity contribution is -0.0710. The first-order valence-electron chi connectivity index (χ1n) is 8.54. The topological polar surface area (TPSA) is 64.3 Å². The van der Waals surface area contributed by atoms with E-state index in [0.29, 0.717) is 5.82 Å². The van der Waals surface area contributed by atoms with Gasteiger partial charge in [-0.1, -0.05) is 0 Å². The van der Waals surface area contributed by atoms with Crippen molar-refractivity contribution in [1.82, 2.24) is 14.9 Å². The van der Waals surface area contributed by atoms with Crippen LogP contribution in [0.3, 0.4) is 0 Å². The number of rotatable bonds is 2. The molecule has 0 amide bonds. The maximum atomic E-state index is 6.30. The number of morpholine rings is 1. The Bertz CT molecular complexity index is 719. The summed E-state index contributed by atoms with van der Waals surface area (Å²) >= 11 is 1.82. The maximum Gasteiger partial charge on any atom is 0.146 e. The lowest BCUT2D eigenvalue weighted by Gasteiger charge is -2.34. The number of ether oxygens (including phenoxy) is 1. The van der Waals surface area contributed by atoms with Gasteiger partial charge in [-0.2, -0.15) is 0 Å². The number of nitrogens with two attached hydrogens (primary N) is 1. The van der Waals surface area contributed by atoms with E-state index in [2.05, 4.69) is 23.7 Å². The van der Waals surface area contributed by atoms with Gasteiger partial charge in [0.1, 0.15) is 16.5 Å². The summed E-state index contributed by atoms with van der Waals surface area (Å²) in [4.78, 5) is 14.4. The predicted octanol–water partition coefficient (Wildman–Crippen LogP) is 2.76. The minimum absolute atomic E-state index is 0.258. The SMILES string of the molecule is C[C@@H]1CN(Cc2nc(N)c3c4c(sc3n2)CCCC4)C[C@H](C)O1. The van der Waals surface area contributed by atoms with Crippen LogP contribution in [0.4, 0.5) is 5.82 Å². The van der Waals surface area contributed by atoms with E-state index in [-0.39, 0.29) is 12.2 Å². The number of hydrogen-bond donors (Lipinski definition) is 1. The number of anilines is 1. The van der Waals surface area contributed by atoms with Gasteiger partial charge in [0.25, 0.3) is 0 Å². The molecule has 1 saturated heterocycles. The normalized spacial score (nSPS) is 25.7. The van der Waals surface area contributed by atoms with E-state index in [1.54, 1.807) is 0 Å². The zero-order chi connectivity index (χ0) is 16.0. The summed E-state index contributed by atoms with van der Waals surface area (Å²) in [6.07, 6.45) is 5.35. The fourth-order valence-electron chi connectivity index (χ4n) is 3.92. The quantitative estimate of drug-likeness (QED) is 0.916. The molecule has 2 atom stereocenters. The molecular weight excluding hydrogens is 308 g/mol. The Morgan fingerprint density at radius 2 is 1.91 bits per heavy atom. The summed E-state index contributed by atoms with van der Waals surface area (Å²) in [5.41, 5.74) is 7.71. The first-order chi connectivity index (χ1) is 11.1. The van der Waals surface area contributed by atoms with E-state index in [4.69, 9.17) is 15.5 Å². The highest BCUT2D eigenvalue weighted by molar-refractivity contribution is 7.19. The predicted molar refractivity (Wildman–Crippen MR) is 93.8 cm³/mol. The molecule has 5 nitrogen and oxygen atoms in total. The van der Waals surface area contributed by atoms with Crippen molar-refractivity contribution in [3.05, 3.63) is 16.3 Å². The number of nitrogens with zero attached hydrogens (tertiary/aromatic N) is 3. The van der Waals surface area contributed by atoms with E-state index in [1.165, 1.54) is 29.7 Å². The number of thiophene rings is 1. The molecule has 2 N–H and O–H groups in total. The Morgan fingerprint density at radius 3 is 2.70 bits per heavy atom. The van der Waals surface area contributed by atoms with E-state index in [1.807, 2.05) is 11.3 Å². The lowest BCUT2D eigenvalue weighted by atomic mass is 9.97. The van der Waals surface area contributed by atoms with Crippen LogP contribution in [-0.2, 0) is 24.1 Å². The molecule has 1 aliphatic heterocycles. The Hall–Kier alpha value is -1.24. The van der Waals surface area contributed by atoms with Gasteiger partial charge >= 0.3 is 0 Å². The average Bonchev–Trinajstić information content (AvgIpc) is 2.84. The molecule has 1 aliphatic carbocycles. The van der Waals surface area contributed by atoms with Crippen molar-refractivity contribution in [2.75, 3.05) is 18.8 Å². The standard InChI is InChI=1S/C17H24N4OS/c1-10-7-21(8-11(2)22-10)9-14-19-16(18)15-12-5-3-4-6-13(12)23-17(15)20-14/h10-11H,3-9H2,1-2H3,(H2,18,19,20)/t10-,11+. The Labute approximate surface area is 140 Å². The van der Waals surface area contributed by atoms with Crippen LogP contribution in [0.15, 0.2) is 0 Å².